The molecule has 1 aromatic rings. The van der Waals surface area contributed by atoms with Gasteiger partial charge in [-0.1, -0.05) is 18.2 Å². The zero-order valence-corrected chi connectivity index (χ0v) is 5.74. The van der Waals surface area contributed by atoms with Gasteiger partial charge in [-0.25, -0.2) is 0 Å². The van der Waals surface area contributed by atoms with Crippen LogP contribution < -0.4 is 10.2 Å². The lowest BCUT2D eigenvalue weighted by molar-refractivity contribution is 0.417. The van der Waals surface area contributed by atoms with E-state index in [4.69, 9.17) is 9.76 Å². The number of para-hydroxylation sites is 1. The van der Waals surface area contributed by atoms with Gasteiger partial charge < -0.3 is 9.76 Å². The molecule has 0 fully saturated rings. The smallest absolute Gasteiger partial charge is 0.330 e. The highest BCUT2D eigenvalue weighted by Crippen LogP contribution is 2.02. The molecule has 1 N–H and O–H groups in total. The second-order valence-corrected chi connectivity index (χ2v) is 1.87. The fourth-order valence-electron chi connectivity index (χ4n) is 0.773. The molecule has 0 aliphatic carbocycles. The molecule has 0 saturated heterocycles. The fraction of sp³-hybridized carbons (Fsp3) is 0.143. The molecule has 1 rings (SSSR count). The predicted octanol–water partition coefficient (Wildman–Crippen LogP) is -0.0680. The third-order valence-corrected chi connectivity index (χ3v) is 1.28. The topological polar surface area (TPSA) is 29.5 Å². The van der Waals surface area contributed by atoms with Crippen molar-refractivity contribution in [3.63, 3.8) is 0 Å². The quantitative estimate of drug-likeness (QED) is 0.575. The Morgan fingerprint density at radius 3 is 2.60 bits per heavy atom. The summed E-state index contributed by atoms with van der Waals surface area (Å²) in [5, 5.41) is 8.64. The summed E-state index contributed by atoms with van der Waals surface area (Å²) in [6.07, 6.45) is 0. The van der Waals surface area contributed by atoms with Crippen molar-refractivity contribution in [3.8, 4) is 5.75 Å². The van der Waals surface area contributed by atoms with Crippen LogP contribution in [-0.4, -0.2) is 19.6 Å². The van der Waals surface area contributed by atoms with Crippen LogP contribution in [-0.2, 0) is 0 Å². The highest BCUT2D eigenvalue weighted by atomic mass is 16.5. The van der Waals surface area contributed by atoms with Crippen molar-refractivity contribution in [3.05, 3.63) is 24.3 Å². The van der Waals surface area contributed by atoms with Crippen LogP contribution in [0.3, 0.4) is 0 Å². The molecule has 0 spiro atoms. The van der Waals surface area contributed by atoms with Crippen LogP contribution in [0.5, 0.6) is 5.75 Å². The summed E-state index contributed by atoms with van der Waals surface area (Å²) < 4.78 is 4.94. The lowest BCUT2D eigenvalue weighted by Crippen LogP contribution is -2.15. The van der Waals surface area contributed by atoms with Crippen LogP contribution >= 0.6 is 0 Å². The Labute approximate surface area is 60.7 Å². The summed E-state index contributed by atoms with van der Waals surface area (Å²) in [4.78, 5) is 0. The third-order valence-electron chi connectivity index (χ3n) is 1.28. The molecule has 0 bridgehead atoms. The molecule has 51 valence electrons. The average Bonchev–Trinajstić information content (AvgIpc) is 2.04. The maximum absolute atomic E-state index is 8.64. The molecule has 2 nitrogen and oxygen atoms in total. The highest BCUT2D eigenvalue weighted by Gasteiger charge is 1.99. The monoisotopic (exact) mass is 135 g/mol. The van der Waals surface area contributed by atoms with Crippen molar-refractivity contribution in [2.45, 2.75) is 0 Å². The Bertz CT molecular complexity index is 190. The molecule has 0 atom stereocenters. The molecule has 0 aliphatic rings. The molecule has 0 heterocycles. The Morgan fingerprint density at radius 2 is 2.10 bits per heavy atom. The molecule has 10 heavy (non-hydrogen) atoms. The van der Waals surface area contributed by atoms with Gasteiger partial charge in [0.2, 0.25) is 0 Å². The first-order chi connectivity index (χ1) is 4.88. The number of hydrogen-bond donors (Lipinski definition) is 1. The maximum atomic E-state index is 8.64. The van der Waals surface area contributed by atoms with Crippen LogP contribution in [0.1, 0.15) is 0 Å². The van der Waals surface area contributed by atoms with Crippen molar-refractivity contribution in [2.75, 3.05) is 7.11 Å². The van der Waals surface area contributed by atoms with Gasteiger partial charge in [0, 0.05) is 0 Å². The van der Waals surface area contributed by atoms with E-state index in [9.17, 15) is 0 Å². The molecular weight excluding hydrogens is 127 g/mol. The third kappa shape index (κ3) is 1.31. The van der Waals surface area contributed by atoms with Crippen LogP contribution in [0.2, 0.25) is 0 Å². The van der Waals surface area contributed by atoms with Gasteiger partial charge in [-0.05, 0) is 11.5 Å². The summed E-state index contributed by atoms with van der Waals surface area (Å²) in [5.74, 6) is 0.685. The van der Waals surface area contributed by atoms with Crippen LogP contribution in [0.15, 0.2) is 24.3 Å². The van der Waals surface area contributed by atoms with E-state index in [1.54, 1.807) is 19.2 Å². The summed E-state index contributed by atoms with van der Waals surface area (Å²) >= 11 is 0. The summed E-state index contributed by atoms with van der Waals surface area (Å²) in [7, 11) is 2.60. The van der Waals surface area contributed by atoms with Gasteiger partial charge in [0.25, 0.3) is 0 Å². The molecule has 0 aliphatic heterocycles. The molecular formula is C7H8BO2. The van der Waals surface area contributed by atoms with Crippen LogP contribution in [0.4, 0.5) is 0 Å². The SMILES string of the molecule is COc1ccccc1[B]O. The average molecular weight is 135 g/mol. The lowest BCUT2D eigenvalue weighted by Gasteiger charge is -2.02. The Kier molecular flexibility index (Phi) is 2.34. The molecule has 0 amide bonds. The van der Waals surface area contributed by atoms with E-state index >= 15 is 0 Å². The van der Waals surface area contributed by atoms with Gasteiger partial charge in [-0.3, -0.25) is 0 Å². The largest absolute Gasteiger partial charge is 0.497 e. The van der Waals surface area contributed by atoms with Crippen molar-refractivity contribution in [1.29, 1.82) is 0 Å². The Balaban J connectivity index is 2.96. The molecule has 0 saturated carbocycles. The zero-order chi connectivity index (χ0) is 7.40. The minimum atomic E-state index is 0.685. The minimum Gasteiger partial charge on any atom is -0.497 e. The van der Waals surface area contributed by atoms with Gasteiger partial charge in [-0.15, -0.1) is 0 Å². The van der Waals surface area contributed by atoms with Crippen molar-refractivity contribution >= 4 is 12.9 Å². The van der Waals surface area contributed by atoms with E-state index in [0.29, 0.717) is 11.2 Å². The van der Waals surface area contributed by atoms with E-state index in [0.717, 1.165) is 7.48 Å². The highest BCUT2D eigenvalue weighted by molar-refractivity contribution is 6.46. The lowest BCUT2D eigenvalue weighted by atomic mass is 9.88. The minimum absolute atomic E-state index is 0.685. The van der Waals surface area contributed by atoms with Crippen LogP contribution in [0.25, 0.3) is 0 Å². The van der Waals surface area contributed by atoms with E-state index in [-0.39, 0.29) is 0 Å². The Morgan fingerprint density at radius 1 is 1.40 bits per heavy atom. The standard InChI is InChI=1S/C7H8BO2/c1-10-7-5-3-2-4-6(7)8-9/h2-5,9H,1H3. The molecule has 1 aromatic carbocycles. The summed E-state index contributed by atoms with van der Waals surface area (Å²) in [6.45, 7) is 0. The number of ether oxygens (including phenoxy) is 1. The van der Waals surface area contributed by atoms with E-state index in [1.807, 2.05) is 12.1 Å². The van der Waals surface area contributed by atoms with E-state index in [1.165, 1.54) is 0 Å². The number of rotatable bonds is 2. The number of benzene rings is 1. The second kappa shape index (κ2) is 3.27. The first-order valence-corrected chi connectivity index (χ1v) is 2.99. The first-order valence-electron chi connectivity index (χ1n) is 2.99. The fourth-order valence-corrected chi connectivity index (χ4v) is 0.773. The molecule has 3 heteroatoms. The van der Waals surface area contributed by atoms with Gasteiger partial charge in [0.1, 0.15) is 5.75 Å². The van der Waals surface area contributed by atoms with Gasteiger partial charge in [-0.2, -0.15) is 0 Å². The summed E-state index contributed by atoms with van der Waals surface area (Å²) in [6, 6.07) is 7.26. The maximum Gasteiger partial charge on any atom is 0.330 e. The molecule has 1 radical (unpaired) electrons. The van der Waals surface area contributed by atoms with Gasteiger partial charge in [0.05, 0.1) is 7.11 Å². The molecule has 0 aromatic heterocycles. The number of methoxy groups -OCH3 is 1. The van der Waals surface area contributed by atoms with Gasteiger partial charge >= 0.3 is 7.48 Å². The normalized spacial score (nSPS) is 9.00. The zero-order valence-electron chi connectivity index (χ0n) is 5.74. The van der Waals surface area contributed by atoms with E-state index in [2.05, 4.69) is 0 Å². The van der Waals surface area contributed by atoms with Crippen molar-refractivity contribution in [1.82, 2.24) is 0 Å². The van der Waals surface area contributed by atoms with Crippen LogP contribution in [0, 0.1) is 0 Å². The van der Waals surface area contributed by atoms with Gasteiger partial charge in [0.15, 0.2) is 0 Å². The number of hydrogen-bond acceptors (Lipinski definition) is 2. The first kappa shape index (κ1) is 7.16. The van der Waals surface area contributed by atoms with E-state index < -0.39 is 0 Å². The summed E-state index contributed by atoms with van der Waals surface area (Å²) in [5.41, 5.74) is 0.699. The second-order valence-electron chi connectivity index (χ2n) is 1.87. The van der Waals surface area contributed by atoms with Crippen molar-refractivity contribution < 1.29 is 9.76 Å². The Hall–Kier alpha value is -0.955. The predicted molar refractivity (Wildman–Crippen MR) is 40.6 cm³/mol. The molecule has 0 unspecified atom stereocenters. The van der Waals surface area contributed by atoms with Crippen molar-refractivity contribution in [2.24, 2.45) is 0 Å².